The zero-order chi connectivity index (χ0) is 13.2. The van der Waals surface area contributed by atoms with E-state index in [-0.39, 0.29) is 15.6 Å². The van der Waals surface area contributed by atoms with Crippen LogP contribution in [0, 0.1) is 5.82 Å². The molecular formula is C11H12ClFN2OS. The fraction of sp³-hybridized carbons (Fsp3) is 0.273. The summed E-state index contributed by atoms with van der Waals surface area (Å²) < 4.78 is 12.8. The van der Waals surface area contributed by atoms with E-state index in [0.29, 0.717) is 0 Å². The molecule has 0 fully saturated rings. The molecule has 0 saturated heterocycles. The second-order valence-electron chi connectivity index (χ2n) is 4.07. The normalized spacial score (nSPS) is 11.1. The van der Waals surface area contributed by atoms with E-state index >= 15 is 0 Å². The standard InChI is InChI=1S/C11H12ClFN2OS/c1-11(2,10(14)17)15-9(16)7-4-3-6(13)5-8(7)12/h3-5H,1-2H3,(H2,14,17)(H,15,16). The van der Waals surface area contributed by atoms with Crippen LogP contribution in [0.15, 0.2) is 18.2 Å². The largest absolute Gasteiger partial charge is 0.391 e. The fourth-order valence-electron chi connectivity index (χ4n) is 1.09. The van der Waals surface area contributed by atoms with Crippen molar-refractivity contribution in [3.8, 4) is 0 Å². The van der Waals surface area contributed by atoms with Crippen LogP contribution in [-0.4, -0.2) is 16.4 Å². The Morgan fingerprint density at radius 2 is 2.12 bits per heavy atom. The predicted octanol–water partition coefficient (Wildman–Crippen LogP) is 2.27. The van der Waals surface area contributed by atoms with Crippen molar-refractivity contribution in [1.82, 2.24) is 5.32 Å². The maximum atomic E-state index is 12.8. The van der Waals surface area contributed by atoms with Crippen LogP contribution >= 0.6 is 23.8 Å². The molecule has 3 nitrogen and oxygen atoms in total. The minimum Gasteiger partial charge on any atom is -0.391 e. The summed E-state index contributed by atoms with van der Waals surface area (Å²) in [6.45, 7) is 3.34. The smallest absolute Gasteiger partial charge is 0.253 e. The molecule has 0 spiro atoms. The highest BCUT2D eigenvalue weighted by molar-refractivity contribution is 7.80. The van der Waals surface area contributed by atoms with Crippen molar-refractivity contribution in [3.63, 3.8) is 0 Å². The molecule has 92 valence electrons. The lowest BCUT2D eigenvalue weighted by molar-refractivity contribution is 0.0932. The number of benzene rings is 1. The lowest BCUT2D eigenvalue weighted by Crippen LogP contribution is -2.52. The van der Waals surface area contributed by atoms with Gasteiger partial charge < -0.3 is 11.1 Å². The summed E-state index contributed by atoms with van der Waals surface area (Å²) in [6, 6.07) is 3.54. The summed E-state index contributed by atoms with van der Waals surface area (Å²) in [5, 5.41) is 2.66. The highest BCUT2D eigenvalue weighted by atomic mass is 35.5. The first-order chi connectivity index (χ1) is 7.74. The van der Waals surface area contributed by atoms with E-state index in [9.17, 15) is 9.18 Å². The third-order valence-corrected chi connectivity index (χ3v) is 3.04. The molecule has 17 heavy (non-hydrogen) atoms. The van der Waals surface area contributed by atoms with Crippen LogP contribution in [0.3, 0.4) is 0 Å². The molecule has 0 aromatic heterocycles. The summed E-state index contributed by atoms with van der Waals surface area (Å²) >= 11 is 10.6. The number of rotatable bonds is 3. The number of amides is 1. The third kappa shape index (κ3) is 3.38. The lowest BCUT2D eigenvalue weighted by Gasteiger charge is -2.24. The first kappa shape index (κ1) is 13.9. The number of nitrogens with two attached hydrogens (primary N) is 1. The Balaban J connectivity index is 2.95. The Hall–Kier alpha value is -1.20. The lowest BCUT2D eigenvalue weighted by atomic mass is 10.0. The summed E-state index contributed by atoms with van der Waals surface area (Å²) in [6.07, 6.45) is 0. The van der Waals surface area contributed by atoms with E-state index < -0.39 is 17.3 Å². The molecule has 3 N–H and O–H groups in total. The van der Waals surface area contributed by atoms with Gasteiger partial charge >= 0.3 is 0 Å². The second-order valence-corrected chi connectivity index (χ2v) is 4.91. The van der Waals surface area contributed by atoms with Crippen LogP contribution in [-0.2, 0) is 0 Å². The Morgan fingerprint density at radius 3 is 2.59 bits per heavy atom. The number of halogens is 2. The van der Waals surface area contributed by atoms with E-state index in [2.05, 4.69) is 5.32 Å². The van der Waals surface area contributed by atoms with Gasteiger partial charge in [0.25, 0.3) is 5.91 Å². The van der Waals surface area contributed by atoms with Crippen molar-refractivity contribution >= 4 is 34.7 Å². The third-order valence-electron chi connectivity index (χ3n) is 2.22. The number of carbonyl (C=O) groups is 1. The minimum absolute atomic E-state index is 0.0428. The maximum Gasteiger partial charge on any atom is 0.253 e. The molecule has 0 bridgehead atoms. The van der Waals surface area contributed by atoms with Crippen molar-refractivity contribution in [2.45, 2.75) is 19.4 Å². The van der Waals surface area contributed by atoms with Gasteiger partial charge in [-0.05, 0) is 32.0 Å². The van der Waals surface area contributed by atoms with Gasteiger partial charge in [0, 0.05) is 0 Å². The first-order valence-electron chi connectivity index (χ1n) is 4.81. The van der Waals surface area contributed by atoms with E-state index in [4.69, 9.17) is 29.6 Å². The quantitative estimate of drug-likeness (QED) is 0.832. The minimum atomic E-state index is -0.829. The molecule has 0 aliphatic rings. The topological polar surface area (TPSA) is 55.1 Å². The average molecular weight is 275 g/mol. The van der Waals surface area contributed by atoms with E-state index in [1.807, 2.05) is 0 Å². The molecule has 1 aromatic rings. The molecule has 0 heterocycles. The fourth-order valence-corrected chi connectivity index (χ4v) is 1.39. The van der Waals surface area contributed by atoms with Crippen LogP contribution < -0.4 is 11.1 Å². The number of hydrogen-bond acceptors (Lipinski definition) is 2. The molecule has 1 aromatic carbocycles. The zero-order valence-electron chi connectivity index (χ0n) is 9.38. The maximum absolute atomic E-state index is 12.8. The Labute approximate surface area is 109 Å². The molecule has 1 amide bonds. The molecule has 0 unspecified atom stereocenters. The van der Waals surface area contributed by atoms with E-state index in [0.717, 1.165) is 12.1 Å². The summed E-state index contributed by atoms with van der Waals surface area (Å²) in [5.41, 5.74) is 4.83. The van der Waals surface area contributed by atoms with Crippen LogP contribution in [0.5, 0.6) is 0 Å². The Kier molecular flexibility index (Phi) is 4.06. The first-order valence-corrected chi connectivity index (χ1v) is 5.60. The van der Waals surface area contributed by atoms with Gasteiger partial charge in [0.2, 0.25) is 0 Å². The molecule has 0 radical (unpaired) electrons. The van der Waals surface area contributed by atoms with Gasteiger partial charge in [-0.25, -0.2) is 4.39 Å². The number of hydrogen-bond donors (Lipinski definition) is 2. The molecule has 0 aliphatic carbocycles. The molecule has 0 atom stereocenters. The predicted molar refractivity (Wildman–Crippen MR) is 69.7 cm³/mol. The van der Waals surface area contributed by atoms with Gasteiger partial charge in [-0.1, -0.05) is 23.8 Å². The molecule has 0 saturated carbocycles. The highest BCUT2D eigenvalue weighted by Crippen LogP contribution is 2.18. The van der Waals surface area contributed by atoms with Crippen molar-refractivity contribution in [2.24, 2.45) is 5.73 Å². The number of nitrogens with one attached hydrogen (secondary N) is 1. The number of carbonyl (C=O) groups excluding carboxylic acids is 1. The van der Waals surface area contributed by atoms with Crippen molar-refractivity contribution in [1.29, 1.82) is 0 Å². The van der Waals surface area contributed by atoms with Gasteiger partial charge in [0.1, 0.15) is 5.82 Å². The van der Waals surface area contributed by atoms with Crippen molar-refractivity contribution in [2.75, 3.05) is 0 Å². The summed E-state index contributed by atoms with van der Waals surface area (Å²) in [4.78, 5) is 12.0. The molecule has 6 heteroatoms. The summed E-state index contributed by atoms with van der Waals surface area (Å²) in [7, 11) is 0. The van der Waals surface area contributed by atoms with Crippen molar-refractivity contribution < 1.29 is 9.18 Å². The van der Waals surface area contributed by atoms with E-state index in [1.165, 1.54) is 6.07 Å². The van der Waals surface area contributed by atoms with Gasteiger partial charge in [0.15, 0.2) is 0 Å². The van der Waals surface area contributed by atoms with Gasteiger partial charge in [0.05, 0.1) is 21.1 Å². The van der Waals surface area contributed by atoms with Gasteiger partial charge in [-0.2, -0.15) is 0 Å². The second kappa shape index (κ2) is 4.98. The monoisotopic (exact) mass is 274 g/mol. The average Bonchev–Trinajstić information content (AvgIpc) is 2.15. The Morgan fingerprint density at radius 1 is 1.53 bits per heavy atom. The Bertz CT molecular complexity index is 477. The van der Waals surface area contributed by atoms with E-state index in [1.54, 1.807) is 13.8 Å². The molecule has 0 aliphatic heterocycles. The van der Waals surface area contributed by atoms with Crippen LogP contribution in [0.1, 0.15) is 24.2 Å². The number of thiocarbonyl (C=S) groups is 1. The SMILES string of the molecule is CC(C)(NC(=O)c1ccc(F)cc1Cl)C(N)=S. The van der Waals surface area contributed by atoms with Gasteiger partial charge in [-0.3, -0.25) is 4.79 Å². The summed E-state index contributed by atoms with van der Waals surface area (Å²) in [5.74, 6) is -0.951. The molecule has 1 rings (SSSR count). The molecular weight excluding hydrogens is 263 g/mol. The van der Waals surface area contributed by atoms with Crippen LogP contribution in [0.2, 0.25) is 5.02 Å². The zero-order valence-corrected chi connectivity index (χ0v) is 11.0. The van der Waals surface area contributed by atoms with Gasteiger partial charge in [-0.15, -0.1) is 0 Å². The van der Waals surface area contributed by atoms with Crippen molar-refractivity contribution in [3.05, 3.63) is 34.6 Å². The van der Waals surface area contributed by atoms with Crippen LogP contribution in [0.4, 0.5) is 4.39 Å². The highest BCUT2D eigenvalue weighted by Gasteiger charge is 2.25. The van der Waals surface area contributed by atoms with Crippen LogP contribution in [0.25, 0.3) is 0 Å².